The molecule has 1 aliphatic carbocycles. The summed E-state index contributed by atoms with van der Waals surface area (Å²) in [6, 6.07) is 10.6. The Morgan fingerprint density at radius 2 is 1.94 bits per heavy atom. The van der Waals surface area contributed by atoms with Crippen LogP contribution >= 0.6 is 11.6 Å². The zero-order valence-corrected chi connectivity index (χ0v) is 12.8. The quantitative estimate of drug-likeness (QED) is 0.841. The van der Waals surface area contributed by atoms with Gasteiger partial charge in [0.15, 0.2) is 0 Å². The topological polar surface area (TPSA) is 20.2 Å². The molecule has 1 N–H and O–H groups in total. The van der Waals surface area contributed by atoms with Crippen LogP contribution in [-0.2, 0) is 0 Å². The minimum Gasteiger partial charge on any atom is -0.392 e. The predicted molar refractivity (Wildman–Crippen MR) is 80.8 cm³/mol. The van der Waals surface area contributed by atoms with Gasteiger partial charge in [-0.2, -0.15) is 0 Å². The van der Waals surface area contributed by atoms with Gasteiger partial charge in [0.2, 0.25) is 0 Å². The summed E-state index contributed by atoms with van der Waals surface area (Å²) < 4.78 is 0. The van der Waals surface area contributed by atoms with Crippen molar-refractivity contribution in [2.45, 2.75) is 38.5 Å². The van der Waals surface area contributed by atoms with Crippen molar-refractivity contribution >= 4 is 24.9 Å². The van der Waals surface area contributed by atoms with Crippen LogP contribution in [0.3, 0.4) is 0 Å². The molecule has 0 heterocycles. The van der Waals surface area contributed by atoms with Crippen LogP contribution in [0, 0.1) is 5.92 Å². The van der Waals surface area contributed by atoms with Crippen molar-refractivity contribution in [2.75, 3.05) is 0 Å². The van der Waals surface area contributed by atoms with Crippen LogP contribution in [-0.4, -0.2) is 19.3 Å². The molecule has 1 aromatic rings. The summed E-state index contributed by atoms with van der Waals surface area (Å²) in [6.45, 7) is 4.60. The van der Waals surface area contributed by atoms with E-state index in [2.05, 4.69) is 43.1 Å². The largest absolute Gasteiger partial charge is 0.392 e. The maximum absolute atomic E-state index is 9.92. The third-order valence-corrected chi connectivity index (χ3v) is 7.28. The van der Waals surface area contributed by atoms with E-state index in [9.17, 15) is 5.11 Å². The van der Waals surface area contributed by atoms with E-state index in [0.717, 1.165) is 24.3 Å². The smallest absolute Gasteiger partial charge is 0.105 e. The highest BCUT2D eigenvalue weighted by atomic mass is 35.5. The number of rotatable bonds is 3. The minimum absolute atomic E-state index is 0.169. The fourth-order valence-corrected chi connectivity index (χ4v) is 5.86. The van der Waals surface area contributed by atoms with Gasteiger partial charge in [-0.15, -0.1) is 0 Å². The molecule has 1 fully saturated rings. The molecule has 0 saturated heterocycles. The molecule has 3 heteroatoms. The van der Waals surface area contributed by atoms with Crippen molar-refractivity contribution < 1.29 is 5.11 Å². The monoisotopic (exact) mass is 280 g/mol. The molecule has 1 aliphatic rings. The molecule has 0 aromatic heterocycles. The Hall–Kier alpha value is -0.573. The summed E-state index contributed by atoms with van der Waals surface area (Å²) in [5.41, 5.74) is 2.24. The third-order valence-electron chi connectivity index (χ3n) is 3.85. The standard InChI is InChI=1S/C15H21ClOSi/c1-18(2,12-7-4-3-5-8-12)11-14(16)13-9-6-10-15(13)17/h3-5,7-8,11,13,15,17H,6,9-10H2,1-2H3/b14-11-. The molecule has 98 valence electrons. The number of aliphatic hydroxyl groups excluding tert-OH is 1. The van der Waals surface area contributed by atoms with Crippen LogP contribution in [0.5, 0.6) is 0 Å². The molecule has 0 bridgehead atoms. The van der Waals surface area contributed by atoms with E-state index in [-0.39, 0.29) is 12.0 Å². The van der Waals surface area contributed by atoms with Crippen LogP contribution in [0.25, 0.3) is 0 Å². The molecule has 0 amide bonds. The molecule has 18 heavy (non-hydrogen) atoms. The molecule has 2 atom stereocenters. The Bertz CT molecular complexity index is 427. The van der Waals surface area contributed by atoms with E-state index >= 15 is 0 Å². The van der Waals surface area contributed by atoms with Gasteiger partial charge in [0.05, 0.1) is 6.10 Å². The van der Waals surface area contributed by atoms with Gasteiger partial charge in [0.25, 0.3) is 0 Å². The van der Waals surface area contributed by atoms with E-state index in [0.29, 0.717) is 0 Å². The van der Waals surface area contributed by atoms with Crippen LogP contribution in [0.2, 0.25) is 13.1 Å². The van der Waals surface area contributed by atoms with Crippen LogP contribution in [0.15, 0.2) is 41.1 Å². The second kappa shape index (κ2) is 5.60. The van der Waals surface area contributed by atoms with Gasteiger partial charge in [0.1, 0.15) is 8.07 Å². The molecular formula is C15H21ClOSi. The predicted octanol–water partition coefficient (Wildman–Crippen LogP) is 3.42. The third kappa shape index (κ3) is 3.05. The minimum atomic E-state index is -1.64. The fraction of sp³-hybridized carbons (Fsp3) is 0.467. The van der Waals surface area contributed by atoms with Crippen LogP contribution in [0.1, 0.15) is 19.3 Å². The first-order valence-electron chi connectivity index (χ1n) is 6.62. The number of benzene rings is 1. The first kappa shape index (κ1) is 13.8. The molecule has 2 rings (SSSR count). The van der Waals surface area contributed by atoms with E-state index in [1.165, 1.54) is 5.19 Å². The van der Waals surface area contributed by atoms with Crippen LogP contribution < -0.4 is 5.19 Å². The van der Waals surface area contributed by atoms with Gasteiger partial charge in [0, 0.05) is 11.0 Å². The lowest BCUT2D eigenvalue weighted by atomic mass is 10.1. The van der Waals surface area contributed by atoms with Gasteiger partial charge < -0.3 is 5.11 Å². The van der Waals surface area contributed by atoms with E-state index < -0.39 is 8.07 Å². The Balaban J connectivity index is 2.20. The van der Waals surface area contributed by atoms with Crippen molar-refractivity contribution in [2.24, 2.45) is 5.92 Å². The molecule has 1 saturated carbocycles. The Labute approximate surface area is 115 Å². The first-order chi connectivity index (χ1) is 8.50. The second-order valence-electron chi connectivity index (χ2n) is 5.72. The van der Waals surface area contributed by atoms with Crippen molar-refractivity contribution in [1.82, 2.24) is 0 Å². The Kier molecular flexibility index (Phi) is 4.31. The van der Waals surface area contributed by atoms with Gasteiger partial charge in [-0.05, 0) is 12.8 Å². The highest BCUT2D eigenvalue weighted by molar-refractivity contribution is 6.94. The van der Waals surface area contributed by atoms with E-state index in [1.807, 2.05) is 6.07 Å². The van der Waals surface area contributed by atoms with Crippen molar-refractivity contribution in [3.63, 3.8) is 0 Å². The molecule has 1 aromatic carbocycles. The molecule has 0 aliphatic heterocycles. The van der Waals surface area contributed by atoms with E-state index in [1.54, 1.807) is 0 Å². The Morgan fingerprint density at radius 1 is 1.28 bits per heavy atom. The lowest BCUT2D eigenvalue weighted by Crippen LogP contribution is -2.40. The Morgan fingerprint density at radius 3 is 2.50 bits per heavy atom. The normalized spacial score (nSPS) is 25.4. The fourth-order valence-electron chi connectivity index (χ4n) is 2.66. The second-order valence-corrected chi connectivity index (χ2v) is 10.5. The molecule has 1 nitrogen and oxygen atoms in total. The first-order valence-corrected chi connectivity index (χ1v) is 10.1. The number of aliphatic hydroxyl groups is 1. The summed E-state index contributed by atoms with van der Waals surface area (Å²) in [7, 11) is -1.64. The molecule has 0 spiro atoms. The number of halogens is 1. The van der Waals surface area contributed by atoms with Crippen molar-refractivity contribution in [3.05, 3.63) is 41.1 Å². The summed E-state index contributed by atoms with van der Waals surface area (Å²) in [5.74, 6) is 0.169. The molecule has 0 radical (unpaired) electrons. The highest BCUT2D eigenvalue weighted by Crippen LogP contribution is 2.34. The summed E-state index contributed by atoms with van der Waals surface area (Å²) in [6.07, 6.45) is 2.76. The van der Waals surface area contributed by atoms with Crippen molar-refractivity contribution in [1.29, 1.82) is 0 Å². The number of hydrogen-bond acceptors (Lipinski definition) is 1. The SMILES string of the molecule is C[Si](C)(/C=C(\Cl)C1CCCC1O)c1ccccc1. The molecule has 2 unspecified atom stereocenters. The zero-order valence-electron chi connectivity index (χ0n) is 11.1. The zero-order chi connectivity index (χ0) is 13.2. The van der Waals surface area contributed by atoms with Crippen LogP contribution in [0.4, 0.5) is 0 Å². The summed E-state index contributed by atoms with van der Waals surface area (Å²) in [4.78, 5) is 0. The van der Waals surface area contributed by atoms with Gasteiger partial charge >= 0.3 is 0 Å². The lowest BCUT2D eigenvalue weighted by molar-refractivity contribution is 0.151. The molecular weight excluding hydrogens is 260 g/mol. The number of hydrogen-bond donors (Lipinski definition) is 1. The summed E-state index contributed by atoms with van der Waals surface area (Å²) in [5, 5.41) is 12.2. The average molecular weight is 281 g/mol. The average Bonchev–Trinajstić information content (AvgIpc) is 2.76. The maximum atomic E-state index is 9.92. The summed E-state index contributed by atoms with van der Waals surface area (Å²) >= 11 is 6.45. The highest BCUT2D eigenvalue weighted by Gasteiger charge is 2.30. The van der Waals surface area contributed by atoms with E-state index in [4.69, 9.17) is 11.6 Å². The van der Waals surface area contributed by atoms with Gasteiger partial charge in [-0.1, -0.05) is 72.3 Å². The van der Waals surface area contributed by atoms with Gasteiger partial charge in [-0.3, -0.25) is 0 Å². The van der Waals surface area contributed by atoms with Gasteiger partial charge in [-0.25, -0.2) is 0 Å². The van der Waals surface area contributed by atoms with Crippen molar-refractivity contribution in [3.8, 4) is 0 Å². The maximum Gasteiger partial charge on any atom is 0.105 e. The lowest BCUT2D eigenvalue weighted by Gasteiger charge is -2.22.